The van der Waals surface area contributed by atoms with Crippen LogP contribution < -0.4 is 11.1 Å². The van der Waals surface area contributed by atoms with Gasteiger partial charge in [-0.1, -0.05) is 0 Å². The fourth-order valence-electron chi connectivity index (χ4n) is 0.914. The molecular weight excluding hydrogens is 230 g/mol. The molecule has 7 heteroatoms. The van der Waals surface area contributed by atoms with E-state index in [0.717, 1.165) is 0 Å². The van der Waals surface area contributed by atoms with Crippen LogP contribution in [0.3, 0.4) is 0 Å². The summed E-state index contributed by atoms with van der Waals surface area (Å²) >= 11 is 1.24. The second kappa shape index (κ2) is 4.48. The Morgan fingerprint density at radius 1 is 1.62 bits per heavy atom. The maximum atomic E-state index is 11.0. The van der Waals surface area contributed by atoms with Gasteiger partial charge in [0.05, 0.1) is 12.2 Å². The first kappa shape index (κ1) is 12.4. The number of nitrogens with zero attached hydrogens (tertiary/aromatic N) is 1. The number of amides is 1. The lowest BCUT2D eigenvalue weighted by atomic mass is 9.90. The number of primary amides is 1. The number of carbonyl (C=O) groups is 2. The number of thiazole rings is 1. The molecule has 0 saturated carbocycles. The molecule has 0 radical (unpaired) electrons. The first-order chi connectivity index (χ1) is 7.34. The van der Waals surface area contributed by atoms with Crippen LogP contribution in [-0.2, 0) is 15.0 Å². The van der Waals surface area contributed by atoms with Gasteiger partial charge in [-0.3, -0.25) is 9.59 Å². The van der Waals surface area contributed by atoms with E-state index >= 15 is 0 Å². The molecule has 1 heterocycles. The summed E-state index contributed by atoms with van der Waals surface area (Å²) < 4.78 is 0. The topological polar surface area (TPSA) is 105 Å². The molecule has 1 rings (SSSR count). The highest BCUT2D eigenvalue weighted by Gasteiger charge is 2.32. The van der Waals surface area contributed by atoms with E-state index in [4.69, 9.17) is 10.8 Å². The summed E-state index contributed by atoms with van der Waals surface area (Å²) in [5, 5.41) is 13.8. The van der Waals surface area contributed by atoms with Crippen molar-refractivity contribution in [1.82, 2.24) is 4.98 Å². The monoisotopic (exact) mass is 243 g/mol. The number of aromatic nitrogens is 1. The summed E-state index contributed by atoms with van der Waals surface area (Å²) in [5.41, 5.74) is 4.38. The quantitative estimate of drug-likeness (QED) is 0.694. The van der Waals surface area contributed by atoms with E-state index < -0.39 is 17.3 Å². The van der Waals surface area contributed by atoms with Gasteiger partial charge in [0.2, 0.25) is 5.91 Å². The third-order valence-electron chi connectivity index (χ3n) is 2.09. The molecule has 0 saturated heterocycles. The second-order valence-electron chi connectivity index (χ2n) is 3.79. The molecule has 0 aliphatic heterocycles. The molecule has 1 aromatic rings. The first-order valence-electron chi connectivity index (χ1n) is 4.55. The Kier molecular flexibility index (Phi) is 3.48. The smallest absolute Gasteiger partial charge is 0.315 e. The Balaban J connectivity index is 2.79. The Morgan fingerprint density at radius 2 is 2.25 bits per heavy atom. The van der Waals surface area contributed by atoms with Crippen LogP contribution in [0.25, 0.3) is 0 Å². The predicted molar refractivity (Wildman–Crippen MR) is 60.5 cm³/mol. The third-order valence-corrected chi connectivity index (χ3v) is 2.89. The number of nitrogens with two attached hydrogens (primary N) is 1. The molecule has 1 aromatic heterocycles. The van der Waals surface area contributed by atoms with Gasteiger partial charge in [-0.15, -0.1) is 11.3 Å². The van der Waals surface area contributed by atoms with Crippen molar-refractivity contribution in [3.8, 4) is 0 Å². The summed E-state index contributed by atoms with van der Waals surface area (Å²) in [6, 6.07) is 0. The molecule has 88 valence electrons. The van der Waals surface area contributed by atoms with Gasteiger partial charge in [0.25, 0.3) is 0 Å². The minimum absolute atomic E-state index is 0.0134. The van der Waals surface area contributed by atoms with Gasteiger partial charge < -0.3 is 16.2 Å². The molecule has 16 heavy (non-hydrogen) atoms. The number of carbonyl (C=O) groups excluding carboxylic acids is 1. The van der Waals surface area contributed by atoms with E-state index in [9.17, 15) is 9.59 Å². The lowest BCUT2D eigenvalue weighted by molar-refractivity contribution is -0.142. The fourth-order valence-corrected chi connectivity index (χ4v) is 1.79. The van der Waals surface area contributed by atoms with E-state index in [1.165, 1.54) is 11.3 Å². The van der Waals surface area contributed by atoms with Crippen molar-refractivity contribution in [2.24, 2.45) is 5.73 Å². The molecule has 6 nitrogen and oxygen atoms in total. The zero-order valence-corrected chi connectivity index (χ0v) is 9.80. The van der Waals surface area contributed by atoms with Crippen molar-refractivity contribution in [3.05, 3.63) is 11.1 Å². The predicted octanol–water partition coefficient (Wildman–Crippen LogP) is 0.403. The maximum Gasteiger partial charge on any atom is 0.315 e. The van der Waals surface area contributed by atoms with Crippen molar-refractivity contribution in [1.29, 1.82) is 0 Å². The van der Waals surface area contributed by atoms with Crippen molar-refractivity contribution in [3.63, 3.8) is 0 Å². The summed E-state index contributed by atoms with van der Waals surface area (Å²) in [4.78, 5) is 25.6. The largest absolute Gasteiger partial charge is 0.481 e. The van der Waals surface area contributed by atoms with Gasteiger partial charge in [0, 0.05) is 5.38 Å². The average molecular weight is 243 g/mol. The van der Waals surface area contributed by atoms with Crippen LogP contribution in [0.1, 0.15) is 19.5 Å². The van der Waals surface area contributed by atoms with E-state index in [0.29, 0.717) is 10.8 Å². The zero-order valence-electron chi connectivity index (χ0n) is 8.98. The summed E-state index contributed by atoms with van der Waals surface area (Å²) in [5.74, 6) is -1.44. The van der Waals surface area contributed by atoms with Gasteiger partial charge in [0.15, 0.2) is 5.13 Å². The summed E-state index contributed by atoms with van der Waals surface area (Å²) in [6.07, 6.45) is 0. The van der Waals surface area contributed by atoms with E-state index in [2.05, 4.69) is 10.3 Å². The number of aliphatic carboxylic acids is 1. The van der Waals surface area contributed by atoms with Crippen LogP contribution in [0.15, 0.2) is 5.38 Å². The molecule has 0 aromatic carbocycles. The minimum atomic E-state index is -1.04. The fraction of sp³-hybridized carbons (Fsp3) is 0.444. The van der Waals surface area contributed by atoms with Crippen molar-refractivity contribution in [2.75, 3.05) is 11.9 Å². The van der Waals surface area contributed by atoms with Crippen LogP contribution in [0, 0.1) is 0 Å². The normalized spacial score (nSPS) is 11.1. The highest BCUT2D eigenvalue weighted by Crippen LogP contribution is 2.27. The highest BCUT2D eigenvalue weighted by molar-refractivity contribution is 7.13. The second-order valence-corrected chi connectivity index (χ2v) is 4.65. The van der Waals surface area contributed by atoms with Crippen molar-refractivity contribution in [2.45, 2.75) is 19.3 Å². The molecule has 0 aliphatic rings. The highest BCUT2D eigenvalue weighted by atomic mass is 32.1. The van der Waals surface area contributed by atoms with E-state index in [1.54, 1.807) is 19.2 Å². The van der Waals surface area contributed by atoms with Gasteiger partial charge >= 0.3 is 5.97 Å². The molecule has 0 fully saturated rings. The molecule has 0 atom stereocenters. The Hall–Kier alpha value is -1.63. The number of carboxylic acid groups (broad SMARTS) is 1. The number of rotatable bonds is 5. The van der Waals surface area contributed by atoms with Crippen LogP contribution in [-0.4, -0.2) is 28.5 Å². The summed E-state index contributed by atoms with van der Waals surface area (Å²) in [6.45, 7) is 3.13. The molecular formula is C9H13N3O3S. The molecule has 1 amide bonds. The molecule has 0 bridgehead atoms. The van der Waals surface area contributed by atoms with Gasteiger partial charge in [-0.2, -0.15) is 0 Å². The Bertz CT molecular complexity index is 414. The van der Waals surface area contributed by atoms with Gasteiger partial charge in [-0.25, -0.2) is 4.98 Å². The maximum absolute atomic E-state index is 11.0. The standard InChI is InChI=1S/C9H13N3O3S/c1-9(2,7(14)15)5-4-16-8(12-5)11-3-6(10)13/h4H,3H2,1-2H3,(H2,10,13)(H,11,12)(H,14,15). The zero-order chi connectivity index (χ0) is 12.3. The lowest BCUT2D eigenvalue weighted by Crippen LogP contribution is -2.29. The van der Waals surface area contributed by atoms with Crippen LogP contribution in [0.2, 0.25) is 0 Å². The molecule has 0 unspecified atom stereocenters. The van der Waals surface area contributed by atoms with Gasteiger partial charge in [0.1, 0.15) is 5.41 Å². The van der Waals surface area contributed by atoms with Crippen molar-refractivity contribution < 1.29 is 14.7 Å². The first-order valence-corrected chi connectivity index (χ1v) is 5.43. The molecule has 0 spiro atoms. The van der Waals surface area contributed by atoms with Crippen LogP contribution in [0.5, 0.6) is 0 Å². The van der Waals surface area contributed by atoms with E-state index in [-0.39, 0.29) is 6.54 Å². The van der Waals surface area contributed by atoms with Crippen molar-refractivity contribution >= 4 is 28.3 Å². The van der Waals surface area contributed by atoms with Gasteiger partial charge in [-0.05, 0) is 13.8 Å². The number of anilines is 1. The third kappa shape index (κ3) is 2.69. The molecule has 4 N–H and O–H groups in total. The summed E-state index contributed by atoms with van der Waals surface area (Å²) in [7, 11) is 0. The average Bonchev–Trinajstić information content (AvgIpc) is 2.63. The minimum Gasteiger partial charge on any atom is -0.481 e. The van der Waals surface area contributed by atoms with Crippen LogP contribution in [0.4, 0.5) is 5.13 Å². The number of carboxylic acids is 1. The lowest BCUT2D eigenvalue weighted by Gasteiger charge is -2.15. The van der Waals surface area contributed by atoms with E-state index in [1.807, 2.05) is 0 Å². The Labute approximate surface area is 96.5 Å². The van der Waals surface area contributed by atoms with Crippen LogP contribution >= 0.6 is 11.3 Å². The SMILES string of the molecule is CC(C)(C(=O)O)c1csc(NCC(N)=O)n1. The number of nitrogens with one attached hydrogen (secondary N) is 1. The number of hydrogen-bond acceptors (Lipinski definition) is 5. The molecule has 0 aliphatic carbocycles. The Morgan fingerprint density at radius 3 is 2.75 bits per heavy atom. The number of hydrogen-bond donors (Lipinski definition) is 3.